The maximum absolute atomic E-state index is 13.2. The molecule has 0 N–H and O–H groups in total. The Kier molecular flexibility index (Phi) is 2.87. The van der Waals surface area contributed by atoms with Crippen molar-refractivity contribution in [1.82, 2.24) is 3.97 Å². The summed E-state index contributed by atoms with van der Waals surface area (Å²) in [5.74, 6) is -0.386. The quantitative estimate of drug-likeness (QED) is 0.725. The van der Waals surface area contributed by atoms with Crippen LogP contribution >= 0.6 is 0 Å². The lowest BCUT2D eigenvalue weighted by Crippen LogP contribution is -2.11. The normalized spacial score (nSPS) is 11.9. The molecule has 20 heavy (non-hydrogen) atoms. The van der Waals surface area contributed by atoms with Gasteiger partial charge < -0.3 is 0 Å². The Labute approximate surface area is 116 Å². The molecule has 0 atom stereocenters. The Morgan fingerprint density at radius 2 is 1.70 bits per heavy atom. The predicted molar refractivity (Wildman–Crippen MR) is 75.7 cm³/mol. The van der Waals surface area contributed by atoms with Crippen molar-refractivity contribution in [2.45, 2.75) is 11.8 Å². The first kappa shape index (κ1) is 12.9. The molecule has 0 aliphatic carbocycles. The van der Waals surface area contributed by atoms with Crippen molar-refractivity contribution >= 4 is 20.9 Å². The smallest absolute Gasteiger partial charge is 0.241 e. The number of hydrogen-bond donors (Lipinski definition) is 0. The van der Waals surface area contributed by atoms with Crippen LogP contribution in [0.1, 0.15) is 5.56 Å². The summed E-state index contributed by atoms with van der Waals surface area (Å²) >= 11 is 0. The molecule has 0 saturated carbocycles. The van der Waals surface area contributed by atoms with Crippen LogP contribution in [0.2, 0.25) is 0 Å². The minimum atomic E-state index is -3.66. The second kappa shape index (κ2) is 4.45. The van der Waals surface area contributed by atoms with Gasteiger partial charge >= 0.3 is 0 Å². The van der Waals surface area contributed by atoms with E-state index in [0.29, 0.717) is 10.9 Å². The highest BCUT2D eigenvalue weighted by Gasteiger charge is 2.18. The Balaban J connectivity index is 2.21. The van der Waals surface area contributed by atoms with Crippen LogP contribution in [0, 0.1) is 12.7 Å². The van der Waals surface area contributed by atoms with E-state index >= 15 is 0 Å². The Morgan fingerprint density at radius 3 is 2.40 bits per heavy atom. The molecular formula is C15H12FNO2S. The van der Waals surface area contributed by atoms with Gasteiger partial charge in [-0.1, -0.05) is 17.7 Å². The molecule has 0 aliphatic rings. The summed E-state index contributed by atoms with van der Waals surface area (Å²) in [4.78, 5) is 0.213. The number of rotatable bonds is 2. The fourth-order valence-electron chi connectivity index (χ4n) is 2.12. The standard InChI is InChI=1S/C15H12FNO2S/c1-11-2-5-14(6-3-11)20(18,19)17-9-8-12-10-13(16)4-7-15(12)17/h2-10H,1H3/i16-1. The minimum Gasteiger partial charge on any atom is -0.241 e. The molecular weight excluding hydrogens is 276 g/mol. The number of fused-ring (bicyclic) bond motifs is 1. The maximum Gasteiger partial charge on any atom is 0.268 e. The zero-order valence-corrected chi connectivity index (χ0v) is 11.6. The lowest BCUT2D eigenvalue weighted by Gasteiger charge is -2.07. The molecule has 3 aromatic rings. The highest BCUT2D eigenvalue weighted by molar-refractivity contribution is 7.90. The molecule has 0 spiro atoms. The van der Waals surface area contributed by atoms with Crippen molar-refractivity contribution in [3.63, 3.8) is 0 Å². The molecule has 1 aromatic heterocycles. The van der Waals surface area contributed by atoms with Crippen molar-refractivity contribution in [2.24, 2.45) is 0 Å². The molecule has 2 aromatic carbocycles. The predicted octanol–water partition coefficient (Wildman–Crippen LogP) is 3.33. The van der Waals surface area contributed by atoms with Gasteiger partial charge in [-0.2, -0.15) is 0 Å². The van der Waals surface area contributed by atoms with E-state index in [1.807, 2.05) is 6.92 Å². The third-order valence-corrected chi connectivity index (χ3v) is 4.90. The average molecular weight is 288 g/mol. The summed E-state index contributed by atoms with van der Waals surface area (Å²) < 4.78 is 39.5. The minimum absolute atomic E-state index is 0.213. The molecule has 5 heteroatoms. The van der Waals surface area contributed by atoms with E-state index in [1.54, 1.807) is 30.3 Å². The van der Waals surface area contributed by atoms with Crippen molar-refractivity contribution in [1.29, 1.82) is 0 Å². The highest BCUT2D eigenvalue weighted by atomic mass is 32.2. The van der Waals surface area contributed by atoms with Crippen LogP contribution in [0.4, 0.5) is 4.39 Å². The third-order valence-electron chi connectivity index (χ3n) is 3.19. The molecule has 102 valence electrons. The fourth-order valence-corrected chi connectivity index (χ4v) is 3.47. The number of halogens is 1. The number of aromatic nitrogens is 1. The molecule has 0 radical (unpaired) electrons. The second-order valence-corrected chi connectivity index (χ2v) is 6.45. The summed E-state index contributed by atoms with van der Waals surface area (Å²) in [5, 5.41) is 0.556. The molecule has 3 nitrogen and oxygen atoms in total. The van der Waals surface area contributed by atoms with E-state index in [9.17, 15) is 12.8 Å². The van der Waals surface area contributed by atoms with Crippen LogP contribution in [0.5, 0.6) is 0 Å². The number of benzene rings is 2. The van der Waals surface area contributed by atoms with Crippen molar-refractivity contribution in [3.05, 3.63) is 66.1 Å². The lowest BCUT2D eigenvalue weighted by molar-refractivity contribution is 0.589. The van der Waals surface area contributed by atoms with E-state index in [1.165, 1.54) is 28.4 Å². The number of aryl methyl sites for hydroxylation is 1. The third kappa shape index (κ3) is 2.00. The number of nitrogens with zero attached hydrogens (tertiary/aromatic N) is 1. The maximum atomic E-state index is 13.2. The molecule has 0 amide bonds. The molecule has 0 saturated heterocycles. The molecule has 3 rings (SSSR count). The van der Waals surface area contributed by atoms with Crippen LogP contribution < -0.4 is 0 Å². The van der Waals surface area contributed by atoms with E-state index < -0.39 is 10.0 Å². The largest absolute Gasteiger partial charge is 0.268 e. The van der Waals surface area contributed by atoms with Gasteiger partial charge in [0.15, 0.2) is 0 Å². The van der Waals surface area contributed by atoms with Gasteiger partial charge in [0.25, 0.3) is 10.0 Å². The Morgan fingerprint density at radius 1 is 1.00 bits per heavy atom. The van der Waals surface area contributed by atoms with E-state index in [0.717, 1.165) is 5.56 Å². The van der Waals surface area contributed by atoms with Gasteiger partial charge in [0.1, 0.15) is 5.82 Å². The van der Waals surface area contributed by atoms with E-state index in [2.05, 4.69) is 0 Å². The fraction of sp³-hybridized carbons (Fsp3) is 0.0667. The Bertz CT molecular complexity index is 880. The summed E-state index contributed by atoms with van der Waals surface area (Å²) in [5.41, 5.74) is 1.45. The lowest BCUT2D eigenvalue weighted by atomic mass is 10.2. The summed E-state index contributed by atoms with van der Waals surface area (Å²) in [6.07, 6.45) is 1.44. The van der Waals surface area contributed by atoms with Gasteiger partial charge in [-0.3, -0.25) is 0 Å². The first-order valence-electron chi connectivity index (χ1n) is 6.07. The molecule has 0 unspecified atom stereocenters. The van der Waals surface area contributed by atoms with E-state index in [-0.39, 0.29) is 10.7 Å². The van der Waals surface area contributed by atoms with E-state index in [4.69, 9.17) is 0 Å². The topological polar surface area (TPSA) is 39.1 Å². The zero-order chi connectivity index (χ0) is 14.3. The van der Waals surface area contributed by atoms with Gasteiger partial charge in [0, 0.05) is 11.6 Å². The summed E-state index contributed by atoms with van der Waals surface area (Å²) in [6.45, 7) is 1.89. The van der Waals surface area contributed by atoms with Crippen molar-refractivity contribution < 1.29 is 12.8 Å². The molecule has 0 fully saturated rings. The van der Waals surface area contributed by atoms with Gasteiger partial charge in [-0.15, -0.1) is 0 Å². The van der Waals surface area contributed by atoms with Crippen LogP contribution in [0.3, 0.4) is 0 Å². The zero-order valence-electron chi connectivity index (χ0n) is 10.7. The van der Waals surface area contributed by atoms with Gasteiger partial charge in [0.2, 0.25) is 0 Å². The number of hydrogen-bond acceptors (Lipinski definition) is 2. The first-order valence-corrected chi connectivity index (χ1v) is 7.51. The Hall–Kier alpha value is -2.14. The van der Waals surface area contributed by atoms with Crippen LogP contribution in [-0.2, 0) is 10.0 Å². The molecule has 0 aliphatic heterocycles. The molecule has 0 bridgehead atoms. The average Bonchev–Trinajstić information content (AvgIpc) is 2.82. The van der Waals surface area contributed by atoms with Crippen LogP contribution in [-0.4, -0.2) is 12.4 Å². The van der Waals surface area contributed by atoms with Crippen molar-refractivity contribution in [2.75, 3.05) is 0 Å². The highest BCUT2D eigenvalue weighted by Crippen LogP contribution is 2.23. The van der Waals surface area contributed by atoms with Gasteiger partial charge in [-0.05, 0) is 43.3 Å². The van der Waals surface area contributed by atoms with Crippen LogP contribution in [0.25, 0.3) is 10.9 Å². The van der Waals surface area contributed by atoms with Crippen LogP contribution in [0.15, 0.2) is 59.6 Å². The second-order valence-electron chi connectivity index (χ2n) is 4.63. The summed E-state index contributed by atoms with van der Waals surface area (Å²) in [6, 6.07) is 12.3. The van der Waals surface area contributed by atoms with Crippen molar-refractivity contribution in [3.8, 4) is 0 Å². The first-order chi connectivity index (χ1) is 9.48. The SMILES string of the molecule is Cc1ccc(S(=O)(=O)n2ccc3cc([18F])ccc32)cc1. The molecule has 1 heterocycles. The summed E-state index contributed by atoms with van der Waals surface area (Å²) in [7, 11) is -3.66. The van der Waals surface area contributed by atoms with Gasteiger partial charge in [0.05, 0.1) is 10.4 Å². The monoisotopic (exact) mass is 288 g/mol. The van der Waals surface area contributed by atoms with Gasteiger partial charge in [-0.25, -0.2) is 16.8 Å².